The van der Waals surface area contributed by atoms with Crippen LogP contribution in [0.3, 0.4) is 0 Å². The summed E-state index contributed by atoms with van der Waals surface area (Å²) in [6.07, 6.45) is 3.32. The number of hydrogen-bond donors (Lipinski definition) is 2. The fourth-order valence-corrected chi connectivity index (χ4v) is 2.17. The van der Waals surface area contributed by atoms with Crippen LogP contribution in [0.4, 0.5) is 0 Å². The van der Waals surface area contributed by atoms with E-state index in [2.05, 4.69) is 10.6 Å². The lowest BCUT2D eigenvalue weighted by molar-refractivity contribution is -0.132. The van der Waals surface area contributed by atoms with Gasteiger partial charge in [0.25, 0.3) is 0 Å². The number of nitrogens with one attached hydrogen (secondary N) is 2. The summed E-state index contributed by atoms with van der Waals surface area (Å²) in [5.41, 5.74) is 0. The standard InChI is InChI=1S/C11H18N2O3/c14-10-6-8(3-4-12-10)11(15)13-7-9-2-1-5-16-9/h8-9H,1-7H2,(H,12,14)(H,13,15). The van der Waals surface area contributed by atoms with E-state index < -0.39 is 0 Å². The van der Waals surface area contributed by atoms with E-state index >= 15 is 0 Å². The highest BCUT2D eigenvalue weighted by Crippen LogP contribution is 2.14. The Morgan fingerprint density at radius 1 is 1.50 bits per heavy atom. The molecule has 0 saturated carbocycles. The van der Waals surface area contributed by atoms with Crippen molar-refractivity contribution in [3.05, 3.63) is 0 Å². The fraction of sp³-hybridized carbons (Fsp3) is 0.818. The molecule has 90 valence electrons. The molecule has 0 aromatic carbocycles. The van der Waals surface area contributed by atoms with Crippen molar-refractivity contribution in [1.82, 2.24) is 10.6 Å². The molecule has 2 N–H and O–H groups in total. The molecule has 0 bridgehead atoms. The van der Waals surface area contributed by atoms with Gasteiger partial charge in [0.2, 0.25) is 11.8 Å². The van der Waals surface area contributed by atoms with Crippen molar-refractivity contribution in [3.63, 3.8) is 0 Å². The molecule has 0 spiro atoms. The second kappa shape index (κ2) is 5.30. The van der Waals surface area contributed by atoms with Crippen molar-refractivity contribution in [3.8, 4) is 0 Å². The predicted molar refractivity (Wildman–Crippen MR) is 57.7 cm³/mol. The first-order valence-electron chi connectivity index (χ1n) is 5.91. The Morgan fingerprint density at radius 3 is 3.06 bits per heavy atom. The Balaban J connectivity index is 1.72. The Hall–Kier alpha value is -1.10. The maximum absolute atomic E-state index is 11.8. The SMILES string of the molecule is O=C1CC(C(=O)NCC2CCCO2)CCN1. The molecular weight excluding hydrogens is 208 g/mol. The van der Waals surface area contributed by atoms with Crippen molar-refractivity contribution >= 4 is 11.8 Å². The Labute approximate surface area is 94.9 Å². The highest BCUT2D eigenvalue weighted by Gasteiger charge is 2.26. The number of piperidine rings is 1. The van der Waals surface area contributed by atoms with Crippen LogP contribution in [-0.2, 0) is 14.3 Å². The van der Waals surface area contributed by atoms with Gasteiger partial charge in [0.15, 0.2) is 0 Å². The van der Waals surface area contributed by atoms with E-state index in [4.69, 9.17) is 4.74 Å². The van der Waals surface area contributed by atoms with Crippen LogP contribution in [0.15, 0.2) is 0 Å². The zero-order valence-electron chi connectivity index (χ0n) is 9.33. The van der Waals surface area contributed by atoms with Crippen LogP contribution < -0.4 is 10.6 Å². The normalized spacial score (nSPS) is 29.9. The summed E-state index contributed by atoms with van der Waals surface area (Å²) in [4.78, 5) is 22.9. The monoisotopic (exact) mass is 226 g/mol. The van der Waals surface area contributed by atoms with Gasteiger partial charge in [-0.25, -0.2) is 0 Å². The molecular formula is C11H18N2O3. The predicted octanol–water partition coefficient (Wildman–Crippen LogP) is -0.192. The molecule has 0 aromatic heterocycles. The molecule has 2 aliphatic heterocycles. The maximum atomic E-state index is 11.8. The Morgan fingerprint density at radius 2 is 2.38 bits per heavy atom. The third kappa shape index (κ3) is 2.95. The number of amides is 2. The van der Waals surface area contributed by atoms with Crippen LogP contribution in [0.5, 0.6) is 0 Å². The largest absolute Gasteiger partial charge is 0.376 e. The molecule has 2 heterocycles. The number of rotatable bonds is 3. The molecule has 2 aliphatic rings. The van der Waals surface area contributed by atoms with Crippen molar-refractivity contribution in [2.24, 2.45) is 5.92 Å². The minimum absolute atomic E-state index is 0.00894. The summed E-state index contributed by atoms with van der Waals surface area (Å²) in [5, 5.41) is 5.59. The minimum Gasteiger partial charge on any atom is -0.376 e. The molecule has 0 aliphatic carbocycles. The average Bonchev–Trinajstić information content (AvgIpc) is 2.78. The van der Waals surface area contributed by atoms with Crippen LogP contribution in [-0.4, -0.2) is 37.6 Å². The van der Waals surface area contributed by atoms with E-state index in [1.165, 1.54) is 0 Å². The lowest BCUT2D eigenvalue weighted by Gasteiger charge is -2.22. The molecule has 2 fully saturated rings. The third-order valence-corrected chi connectivity index (χ3v) is 3.15. The second-order valence-corrected chi connectivity index (χ2v) is 4.42. The van der Waals surface area contributed by atoms with Crippen molar-refractivity contribution in [2.45, 2.75) is 31.8 Å². The van der Waals surface area contributed by atoms with Gasteiger partial charge in [-0.2, -0.15) is 0 Å². The van der Waals surface area contributed by atoms with Gasteiger partial charge in [0, 0.05) is 32.0 Å². The molecule has 5 heteroatoms. The van der Waals surface area contributed by atoms with E-state index in [-0.39, 0.29) is 23.8 Å². The summed E-state index contributed by atoms with van der Waals surface area (Å²) < 4.78 is 5.42. The highest BCUT2D eigenvalue weighted by molar-refractivity contribution is 5.86. The lowest BCUT2D eigenvalue weighted by Crippen LogP contribution is -2.42. The van der Waals surface area contributed by atoms with Gasteiger partial charge in [-0.3, -0.25) is 9.59 Å². The zero-order valence-corrected chi connectivity index (χ0v) is 9.33. The van der Waals surface area contributed by atoms with E-state index in [1.54, 1.807) is 0 Å². The van der Waals surface area contributed by atoms with E-state index in [0.29, 0.717) is 19.5 Å². The number of carbonyl (C=O) groups excluding carboxylic acids is 2. The summed E-state index contributed by atoms with van der Waals surface area (Å²) in [6, 6.07) is 0. The van der Waals surface area contributed by atoms with Crippen LogP contribution in [0.1, 0.15) is 25.7 Å². The molecule has 16 heavy (non-hydrogen) atoms. The van der Waals surface area contributed by atoms with Gasteiger partial charge in [-0.1, -0.05) is 0 Å². The summed E-state index contributed by atoms with van der Waals surface area (Å²) in [5.74, 6) is -0.191. The van der Waals surface area contributed by atoms with Crippen molar-refractivity contribution in [1.29, 1.82) is 0 Å². The summed E-state index contributed by atoms with van der Waals surface area (Å²) >= 11 is 0. The van der Waals surface area contributed by atoms with E-state index in [1.807, 2.05) is 0 Å². The van der Waals surface area contributed by atoms with Gasteiger partial charge >= 0.3 is 0 Å². The zero-order chi connectivity index (χ0) is 11.4. The number of ether oxygens (including phenoxy) is 1. The number of hydrogen-bond acceptors (Lipinski definition) is 3. The molecule has 2 unspecified atom stereocenters. The summed E-state index contributed by atoms with van der Waals surface area (Å²) in [7, 11) is 0. The summed E-state index contributed by atoms with van der Waals surface area (Å²) in [6.45, 7) is 1.99. The first-order chi connectivity index (χ1) is 7.75. The Bertz CT molecular complexity index is 274. The minimum atomic E-state index is -0.157. The van der Waals surface area contributed by atoms with Gasteiger partial charge in [-0.15, -0.1) is 0 Å². The molecule has 0 radical (unpaired) electrons. The van der Waals surface area contributed by atoms with Crippen molar-refractivity contribution < 1.29 is 14.3 Å². The van der Waals surface area contributed by atoms with Crippen LogP contribution in [0.25, 0.3) is 0 Å². The molecule has 0 aromatic rings. The second-order valence-electron chi connectivity index (χ2n) is 4.42. The Kier molecular flexibility index (Phi) is 3.77. The van der Waals surface area contributed by atoms with E-state index in [9.17, 15) is 9.59 Å². The lowest BCUT2D eigenvalue weighted by atomic mass is 9.96. The first kappa shape index (κ1) is 11.4. The van der Waals surface area contributed by atoms with E-state index in [0.717, 1.165) is 25.9 Å². The van der Waals surface area contributed by atoms with Gasteiger partial charge in [0.1, 0.15) is 0 Å². The van der Waals surface area contributed by atoms with Crippen LogP contribution in [0, 0.1) is 5.92 Å². The first-order valence-corrected chi connectivity index (χ1v) is 5.91. The quantitative estimate of drug-likeness (QED) is 0.701. The van der Waals surface area contributed by atoms with Gasteiger partial charge in [0.05, 0.1) is 6.10 Å². The average molecular weight is 226 g/mol. The molecule has 2 rings (SSSR count). The molecule has 2 amide bonds. The molecule has 2 atom stereocenters. The van der Waals surface area contributed by atoms with Gasteiger partial charge in [-0.05, 0) is 19.3 Å². The van der Waals surface area contributed by atoms with Crippen LogP contribution >= 0.6 is 0 Å². The fourth-order valence-electron chi connectivity index (χ4n) is 2.17. The maximum Gasteiger partial charge on any atom is 0.223 e. The highest BCUT2D eigenvalue weighted by atomic mass is 16.5. The molecule has 2 saturated heterocycles. The topological polar surface area (TPSA) is 67.4 Å². The third-order valence-electron chi connectivity index (χ3n) is 3.15. The smallest absolute Gasteiger partial charge is 0.223 e. The van der Waals surface area contributed by atoms with Gasteiger partial charge < -0.3 is 15.4 Å². The molecule has 5 nitrogen and oxygen atoms in total. The number of carbonyl (C=O) groups is 2. The van der Waals surface area contributed by atoms with Crippen molar-refractivity contribution in [2.75, 3.05) is 19.7 Å². The van der Waals surface area contributed by atoms with Crippen LogP contribution in [0.2, 0.25) is 0 Å².